The highest BCUT2D eigenvalue weighted by atomic mass is 19.1. The Bertz CT molecular complexity index is 572. The van der Waals surface area contributed by atoms with Gasteiger partial charge in [0.2, 0.25) is 0 Å². The zero-order valence-electron chi connectivity index (χ0n) is 11.3. The molecule has 0 spiro atoms. The average molecular weight is 289 g/mol. The predicted molar refractivity (Wildman–Crippen MR) is 76.0 cm³/mol. The van der Waals surface area contributed by atoms with Gasteiger partial charge < -0.3 is 15.2 Å². The molecule has 4 nitrogen and oxygen atoms in total. The van der Waals surface area contributed by atoms with Crippen LogP contribution in [0.25, 0.3) is 0 Å². The van der Waals surface area contributed by atoms with E-state index in [0.29, 0.717) is 5.56 Å². The van der Waals surface area contributed by atoms with Crippen molar-refractivity contribution in [3.63, 3.8) is 0 Å². The van der Waals surface area contributed by atoms with Crippen LogP contribution >= 0.6 is 0 Å². The third kappa shape index (κ3) is 4.57. The summed E-state index contributed by atoms with van der Waals surface area (Å²) in [5, 5.41) is 11.9. The number of benzene rings is 2. The molecular formula is C16H16FNO3. The highest BCUT2D eigenvalue weighted by Crippen LogP contribution is 2.13. The molecule has 0 bridgehead atoms. The van der Waals surface area contributed by atoms with E-state index in [2.05, 4.69) is 5.32 Å². The average Bonchev–Trinajstić information content (AvgIpc) is 2.52. The number of aliphatic hydroxyl groups is 1. The van der Waals surface area contributed by atoms with E-state index in [1.165, 1.54) is 24.3 Å². The number of aliphatic hydroxyl groups excluding tert-OH is 1. The molecule has 0 saturated carbocycles. The Morgan fingerprint density at radius 2 is 1.81 bits per heavy atom. The topological polar surface area (TPSA) is 58.6 Å². The van der Waals surface area contributed by atoms with Crippen LogP contribution < -0.4 is 5.32 Å². The molecule has 1 atom stereocenters. The molecule has 0 saturated heterocycles. The van der Waals surface area contributed by atoms with Crippen LogP contribution in [-0.2, 0) is 11.3 Å². The quantitative estimate of drug-likeness (QED) is 0.890. The lowest BCUT2D eigenvalue weighted by Gasteiger charge is -2.16. The van der Waals surface area contributed by atoms with Crippen molar-refractivity contribution in [2.45, 2.75) is 12.6 Å². The molecule has 2 aromatic carbocycles. The van der Waals surface area contributed by atoms with E-state index < -0.39 is 12.1 Å². The van der Waals surface area contributed by atoms with Crippen LogP contribution in [0.15, 0.2) is 54.6 Å². The largest absolute Gasteiger partial charge is 0.445 e. The van der Waals surface area contributed by atoms with Crippen molar-refractivity contribution >= 4 is 6.09 Å². The molecule has 0 aliphatic carbocycles. The number of nitrogens with one attached hydrogen (secondary N) is 1. The van der Waals surface area contributed by atoms with Gasteiger partial charge in [0.25, 0.3) is 0 Å². The fourth-order valence-electron chi connectivity index (χ4n) is 1.84. The zero-order chi connectivity index (χ0) is 15.1. The molecule has 0 unspecified atom stereocenters. The van der Waals surface area contributed by atoms with Gasteiger partial charge in [-0.3, -0.25) is 0 Å². The summed E-state index contributed by atoms with van der Waals surface area (Å²) in [6, 6.07) is 14.2. The minimum Gasteiger partial charge on any atom is -0.445 e. The summed E-state index contributed by atoms with van der Waals surface area (Å²) in [5.74, 6) is -0.373. The summed E-state index contributed by atoms with van der Waals surface area (Å²) in [4.78, 5) is 11.7. The van der Waals surface area contributed by atoms with E-state index in [9.17, 15) is 14.3 Å². The van der Waals surface area contributed by atoms with Gasteiger partial charge in [-0.05, 0) is 23.3 Å². The second-order valence-corrected chi connectivity index (χ2v) is 4.49. The highest BCUT2D eigenvalue weighted by Gasteiger charge is 2.14. The monoisotopic (exact) mass is 289 g/mol. The molecule has 0 radical (unpaired) electrons. The van der Waals surface area contributed by atoms with E-state index in [4.69, 9.17) is 4.74 Å². The first kappa shape index (κ1) is 15.0. The summed E-state index contributed by atoms with van der Waals surface area (Å²) in [5.41, 5.74) is 1.48. The van der Waals surface area contributed by atoms with Gasteiger partial charge in [-0.15, -0.1) is 0 Å². The van der Waals surface area contributed by atoms with Crippen LogP contribution in [0.3, 0.4) is 0 Å². The molecule has 1 amide bonds. The van der Waals surface area contributed by atoms with Crippen molar-refractivity contribution in [3.8, 4) is 0 Å². The number of alkyl carbamates (subject to hydrolysis) is 1. The van der Waals surface area contributed by atoms with Crippen LogP contribution in [0.5, 0.6) is 0 Å². The summed E-state index contributed by atoms with van der Waals surface area (Å²) in [6.45, 7) is -0.152. The van der Waals surface area contributed by atoms with Crippen molar-refractivity contribution in [3.05, 3.63) is 71.5 Å². The van der Waals surface area contributed by atoms with Gasteiger partial charge in [-0.1, -0.05) is 42.5 Å². The van der Waals surface area contributed by atoms with Crippen LogP contribution in [0.1, 0.15) is 17.2 Å². The van der Waals surface area contributed by atoms with E-state index in [0.717, 1.165) is 5.56 Å². The number of ether oxygens (including phenoxy) is 1. The SMILES string of the molecule is O=C(N[C@H](CO)c1ccc(F)cc1)OCc1ccccc1. The molecule has 5 heteroatoms. The Balaban J connectivity index is 1.89. The first-order valence-corrected chi connectivity index (χ1v) is 6.52. The van der Waals surface area contributed by atoms with Crippen LogP contribution in [0.4, 0.5) is 9.18 Å². The molecule has 0 aliphatic rings. The summed E-state index contributed by atoms with van der Waals surface area (Å²) in [6.07, 6.45) is -0.637. The fraction of sp³-hybridized carbons (Fsp3) is 0.188. The molecule has 21 heavy (non-hydrogen) atoms. The number of hydrogen-bond donors (Lipinski definition) is 2. The molecule has 0 aliphatic heterocycles. The molecule has 2 N–H and O–H groups in total. The van der Waals surface area contributed by atoms with Crippen molar-refractivity contribution in [1.29, 1.82) is 0 Å². The minimum absolute atomic E-state index is 0.147. The molecule has 2 rings (SSSR count). The normalized spacial score (nSPS) is 11.7. The van der Waals surface area contributed by atoms with Crippen molar-refractivity contribution in [1.82, 2.24) is 5.32 Å². The van der Waals surface area contributed by atoms with Crippen molar-refractivity contribution in [2.24, 2.45) is 0 Å². The first-order chi connectivity index (χ1) is 10.2. The Morgan fingerprint density at radius 3 is 2.43 bits per heavy atom. The molecule has 110 valence electrons. The molecule has 0 fully saturated rings. The first-order valence-electron chi connectivity index (χ1n) is 6.52. The maximum atomic E-state index is 12.9. The number of halogens is 1. The predicted octanol–water partition coefficient (Wildman–Crippen LogP) is 2.79. The van der Waals surface area contributed by atoms with E-state index >= 15 is 0 Å². The van der Waals surface area contributed by atoms with Gasteiger partial charge in [-0.2, -0.15) is 0 Å². The second kappa shape index (κ2) is 7.40. The lowest BCUT2D eigenvalue weighted by atomic mass is 10.1. The molecule has 0 heterocycles. The van der Waals surface area contributed by atoms with Gasteiger partial charge in [0.05, 0.1) is 12.6 Å². The van der Waals surface area contributed by atoms with Crippen molar-refractivity contribution < 1.29 is 19.0 Å². The maximum absolute atomic E-state index is 12.9. The van der Waals surface area contributed by atoms with Crippen molar-refractivity contribution in [2.75, 3.05) is 6.61 Å². The van der Waals surface area contributed by atoms with Gasteiger partial charge in [0.1, 0.15) is 12.4 Å². The summed E-state index contributed by atoms with van der Waals surface area (Å²) in [7, 11) is 0. The summed E-state index contributed by atoms with van der Waals surface area (Å²) >= 11 is 0. The minimum atomic E-state index is -0.637. The Hall–Kier alpha value is -2.40. The third-order valence-corrected chi connectivity index (χ3v) is 2.96. The van der Waals surface area contributed by atoms with E-state index in [1.807, 2.05) is 30.3 Å². The number of amides is 1. The smallest absolute Gasteiger partial charge is 0.408 e. The molecular weight excluding hydrogens is 273 g/mol. The molecule has 0 aromatic heterocycles. The molecule has 2 aromatic rings. The fourth-order valence-corrected chi connectivity index (χ4v) is 1.84. The van der Waals surface area contributed by atoms with Gasteiger partial charge >= 0.3 is 6.09 Å². The Labute approximate surface area is 122 Å². The van der Waals surface area contributed by atoms with Gasteiger partial charge in [-0.25, -0.2) is 9.18 Å². The number of carbonyl (C=O) groups excluding carboxylic acids is 1. The Kier molecular flexibility index (Phi) is 5.29. The third-order valence-electron chi connectivity index (χ3n) is 2.96. The van der Waals surface area contributed by atoms with E-state index in [-0.39, 0.29) is 19.0 Å². The second-order valence-electron chi connectivity index (χ2n) is 4.49. The van der Waals surface area contributed by atoms with Crippen LogP contribution in [0, 0.1) is 5.82 Å². The maximum Gasteiger partial charge on any atom is 0.408 e. The number of carbonyl (C=O) groups is 1. The Morgan fingerprint density at radius 1 is 1.14 bits per heavy atom. The van der Waals surface area contributed by atoms with Crippen LogP contribution in [0.2, 0.25) is 0 Å². The summed E-state index contributed by atoms with van der Waals surface area (Å²) < 4.78 is 17.9. The number of hydrogen-bond acceptors (Lipinski definition) is 3. The van der Waals surface area contributed by atoms with Gasteiger partial charge in [0.15, 0.2) is 0 Å². The standard InChI is InChI=1S/C16H16FNO3/c17-14-8-6-13(7-9-14)15(10-19)18-16(20)21-11-12-4-2-1-3-5-12/h1-9,15,19H,10-11H2,(H,18,20)/t15-/m1/s1. The lowest BCUT2D eigenvalue weighted by molar-refractivity contribution is 0.129. The van der Waals surface area contributed by atoms with Crippen LogP contribution in [-0.4, -0.2) is 17.8 Å². The van der Waals surface area contributed by atoms with E-state index in [1.54, 1.807) is 0 Å². The van der Waals surface area contributed by atoms with Gasteiger partial charge in [0, 0.05) is 0 Å². The lowest BCUT2D eigenvalue weighted by Crippen LogP contribution is -2.31. The zero-order valence-corrected chi connectivity index (χ0v) is 11.3. The highest BCUT2D eigenvalue weighted by molar-refractivity contribution is 5.68. The number of rotatable bonds is 5.